The van der Waals surface area contributed by atoms with E-state index in [9.17, 15) is 14.9 Å². The second-order valence-electron chi connectivity index (χ2n) is 7.61. The van der Waals surface area contributed by atoms with Crippen LogP contribution in [0.2, 0.25) is 0 Å². The van der Waals surface area contributed by atoms with Crippen molar-refractivity contribution in [1.82, 2.24) is 5.32 Å². The van der Waals surface area contributed by atoms with Gasteiger partial charge < -0.3 is 19.5 Å². The summed E-state index contributed by atoms with van der Waals surface area (Å²) in [5.41, 5.74) is 3.53. The number of carbonyl (C=O) groups excluding carboxylic acids is 2. The largest absolute Gasteiger partial charge is 0.493 e. The summed E-state index contributed by atoms with van der Waals surface area (Å²) in [6, 6.07) is 10.6. The minimum atomic E-state index is -0.579. The molecule has 0 aliphatic heterocycles. The van der Waals surface area contributed by atoms with Gasteiger partial charge in [0.25, 0.3) is 5.91 Å². The molecule has 0 fully saturated rings. The zero-order valence-electron chi connectivity index (χ0n) is 19.8. The van der Waals surface area contributed by atoms with Crippen LogP contribution in [0.4, 0.5) is 0 Å². The lowest BCUT2D eigenvalue weighted by molar-refractivity contribution is -0.136. The lowest BCUT2D eigenvalue weighted by Gasteiger charge is -2.14. The number of unbranched alkanes of at least 4 members (excludes halogenated alkanes) is 1. The van der Waals surface area contributed by atoms with E-state index in [1.165, 1.54) is 13.2 Å². The molecule has 7 heteroatoms. The zero-order chi connectivity index (χ0) is 24.4. The third-order valence-corrected chi connectivity index (χ3v) is 5.11. The van der Waals surface area contributed by atoms with Gasteiger partial charge in [-0.3, -0.25) is 4.79 Å². The lowest BCUT2D eigenvalue weighted by atomic mass is 10.1. The third kappa shape index (κ3) is 7.11. The Labute approximate surface area is 195 Å². The van der Waals surface area contributed by atoms with Crippen molar-refractivity contribution in [3.05, 3.63) is 58.2 Å². The number of carbonyl (C=O) groups is 2. The van der Waals surface area contributed by atoms with Crippen molar-refractivity contribution in [3.8, 4) is 23.3 Å². The molecular weight excluding hydrogens is 420 g/mol. The third-order valence-electron chi connectivity index (χ3n) is 5.11. The monoisotopic (exact) mass is 450 g/mol. The molecule has 1 amide bonds. The van der Waals surface area contributed by atoms with Crippen molar-refractivity contribution in [2.75, 3.05) is 20.3 Å². The first kappa shape index (κ1) is 25.5. The maximum atomic E-state index is 12.4. The second kappa shape index (κ2) is 12.3. The van der Waals surface area contributed by atoms with Gasteiger partial charge in [0.05, 0.1) is 7.11 Å². The minimum absolute atomic E-state index is 0.0183. The van der Waals surface area contributed by atoms with E-state index in [1.807, 2.05) is 45.9 Å². The number of esters is 1. The molecule has 0 saturated heterocycles. The Morgan fingerprint density at radius 3 is 2.48 bits per heavy atom. The molecule has 0 atom stereocenters. The first-order chi connectivity index (χ1) is 15.8. The number of aryl methyl sites for hydroxylation is 2. The normalized spacial score (nSPS) is 10.8. The lowest BCUT2D eigenvalue weighted by Crippen LogP contribution is -2.25. The van der Waals surface area contributed by atoms with Crippen LogP contribution in [0.1, 0.15) is 42.0 Å². The number of nitriles is 1. The van der Waals surface area contributed by atoms with Crippen LogP contribution in [0.25, 0.3) is 6.08 Å². The predicted octanol–water partition coefficient (Wildman–Crippen LogP) is 4.43. The average Bonchev–Trinajstić information content (AvgIpc) is 2.80. The molecule has 0 aliphatic carbocycles. The van der Waals surface area contributed by atoms with Gasteiger partial charge in [-0.1, -0.05) is 31.5 Å². The van der Waals surface area contributed by atoms with Gasteiger partial charge in [0.2, 0.25) is 0 Å². The number of methoxy groups -OCH3 is 1. The summed E-state index contributed by atoms with van der Waals surface area (Å²) in [6.45, 7) is 8.11. The van der Waals surface area contributed by atoms with Crippen LogP contribution in [0, 0.1) is 32.1 Å². The summed E-state index contributed by atoms with van der Waals surface area (Å²) in [6.07, 6.45) is 3.24. The minimum Gasteiger partial charge on any atom is -0.493 e. The molecule has 2 rings (SSSR count). The highest BCUT2D eigenvalue weighted by atomic mass is 16.6. The van der Waals surface area contributed by atoms with Gasteiger partial charge in [0.15, 0.2) is 18.1 Å². The number of benzene rings is 2. The SMILES string of the molecule is CCCCNC(=O)/C(C#N)=C/c1ccc(OC(=O)COc2c(C)ccc(C)c2C)c(OC)c1. The standard InChI is InChI=1S/C26H30N2O5/c1-6-7-12-28-26(30)21(15-27)13-20-10-11-22(23(14-20)31-5)33-24(29)16-32-25-18(3)9-8-17(2)19(25)4/h8-11,13-14H,6-7,12,16H2,1-5H3,(H,28,30)/b21-13+. The second-order valence-corrected chi connectivity index (χ2v) is 7.61. The molecule has 2 aromatic rings. The van der Waals surface area contributed by atoms with Crippen LogP contribution < -0.4 is 19.5 Å². The topological polar surface area (TPSA) is 97.7 Å². The highest BCUT2D eigenvalue weighted by Gasteiger charge is 2.15. The molecule has 7 nitrogen and oxygen atoms in total. The predicted molar refractivity (Wildman–Crippen MR) is 126 cm³/mol. The van der Waals surface area contributed by atoms with Crippen molar-refractivity contribution >= 4 is 18.0 Å². The van der Waals surface area contributed by atoms with E-state index in [-0.39, 0.29) is 17.9 Å². The number of hydrogen-bond acceptors (Lipinski definition) is 6. The molecule has 0 aromatic heterocycles. The number of hydrogen-bond donors (Lipinski definition) is 1. The molecule has 0 heterocycles. The van der Waals surface area contributed by atoms with Gasteiger partial charge >= 0.3 is 5.97 Å². The van der Waals surface area contributed by atoms with Crippen LogP contribution in [-0.2, 0) is 9.59 Å². The van der Waals surface area contributed by atoms with E-state index in [1.54, 1.807) is 18.2 Å². The number of nitrogens with zero attached hydrogens (tertiary/aromatic N) is 1. The smallest absolute Gasteiger partial charge is 0.349 e. The van der Waals surface area contributed by atoms with E-state index < -0.39 is 11.9 Å². The Hall–Kier alpha value is -3.79. The molecule has 0 radical (unpaired) electrons. The van der Waals surface area contributed by atoms with E-state index in [4.69, 9.17) is 14.2 Å². The van der Waals surface area contributed by atoms with Crippen LogP contribution in [0.3, 0.4) is 0 Å². The maximum Gasteiger partial charge on any atom is 0.349 e. The van der Waals surface area contributed by atoms with Crippen LogP contribution in [0.5, 0.6) is 17.2 Å². The number of ether oxygens (including phenoxy) is 3. The van der Waals surface area contributed by atoms with Gasteiger partial charge in [0, 0.05) is 6.54 Å². The molecule has 2 aromatic carbocycles. The van der Waals surface area contributed by atoms with Gasteiger partial charge in [-0.05, 0) is 67.7 Å². The van der Waals surface area contributed by atoms with E-state index in [0.717, 1.165) is 29.5 Å². The molecule has 0 saturated carbocycles. The fraction of sp³-hybridized carbons (Fsp3) is 0.346. The Bertz CT molecular complexity index is 1080. The molecule has 33 heavy (non-hydrogen) atoms. The molecule has 0 unspecified atom stereocenters. The molecule has 0 bridgehead atoms. The van der Waals surface area contributed by atoms with Crippen LogP contribution in [0.15, 0.2) is 35.9 Å². The summed E-state index contributed by atoms with van der Waals surface area (Å²) >= 11 is 0. The molecule has 0 aliphatic rings. The van der Waals surface area contributed by atoms with Gasteiger partial charge in [0.1, 0.15) is 17.4 Å². The first-order valence-electron chi connectivity index (χ1n) is 10.8. The van der Waals surface area contributed by atoms with Crippen molar-refractivity contribution in [2.24, 2.45) is 0 Å². The van der Waals surface area contributed by atoms with Crippen molar-refractivity contribution in [1.29, 1.82) is 5.26 Å². The number of rotatable bonds is 10. The maximum absolute atomic E-state index is 12.4. The summed E-state index contributed by atoms with van der Waals surface area (Å²) in [5, 5.41) is 12.0. The number of nitrogens with one attached hydrogen (secondary N) is 1. The van der Waals surface area contributed by atoms with Crippen molar-refractivity contribution < 1.29 is 23.8 Å². The van der Waals surface area contributed by atoms with Crippen LogP contribution in [-0.4, -0.2) is 32.1 Å². The van der Waals surface area contributed by atoms with E-state index in [0.29, 0.717) is 23.6 Å². The van der Waals surface area contributed by atoms with Crippen LogP contribution >= 0.6 is 0 Å². The fourth-order valence-electron chi connectivity index (χ4n) is 3.08. The molecule has 174 valence electrons. The first-order valence-corrected chi connectivity index (χ1v) is 10.8. The molecular formula is C26H30N2O5. The highest BCUT2D eigenvalue weighted by Crippen LogP contribution is 2.30. The number of amides is 1. The van der Waals surface area contributed by atoms with Crippen molar-refractivity contribution in [2.45, 2.75) is 40.5 Å². The van der Waals surface area contributed by atoms with Gasteiger partial charge in [-0.15, -0.1) is 0 Å². The zero-order valence-corrected chi connectivity index (χ0v) is 19.8. The Morgan fingerprint density at radius 1 is 1.09 bits per heavy atom. The Morgan fingerprint density at radius 2 is 1.82 bits per heavy atom. The Balaban J connectivity index is 2.10. The molecule has 1 N–H and O–H groups in total. The summed E-state index contributed by atoms with van der Waals surface area (Å²) in [7, 11) is 1.44. The van der Waals surface area contributed by atoms with Crippen molar-refractivity contribution in [3.63, 3.8) is 0 Å². The summed E-state index contributed by atoms with van der Waals surface area (Å²) in [5.74, 6) is 0.167. The molecule has 0 spiro atoms. The Kier molecular flexibility index (Phi) is 9.49. The van der Waals surface area contributed by atoms with E-state index >= 15 is 0 Å². The average molecular weight is 451 g/mol. The van der Waals surface area contributed by atoms with E-state index in [2.05, 4.69) is 5.32 Å². The van der Waals surface area contributed by atoms with Gasteiger partial charge in [-0.2, -0.15) is 5.26 Å². The highest BCUT2D eigenvalue weighted by molar-refractivity contribution is 6.01. The summed E-state index contributed by atoms with van der Waals surface area (Å²) < 4.78 is 16.4. The fourth-order valence-corrected chi connectivity index (χ4v) is 3.08. The summed E-state index contributed by atoms with van der Waals surface area (Å²) in [4.78, 5) is 24.5. The van der Waals surface area contributed by atoms with Gasteiger partial charge in [-0.25, -0.2) is 4.79 Å². The quantitative estimate of drug-likeness (QED) is 0.189.